The van der Waals surface area contributed by atoms with Crippen LogP contribution in [0.4, 0.5) is 0 Å². The van der Waals surface area contributed by atoms with Gasteiger partial charge >= 0.3 is 0 Å². The molecule has 0 saturated heterocycles. The van der Waals surface area contributed by atoms with Crippen LogP contribution in [-0.4, -0.2) is 41.7 Å². The number of carbonyl (C=O) groups excluding carboxylic acids is 3. The number of thioether (sulfide) groups is 1. The molecule has 0 N–H and O–H groups in total. The maximum Gasteiger partial charge on any atom is 0.230 e. The highest BCUT2D eigenvalue weighted by atomic mass is 35.5. The number of ketones is 2. The third-order valence-electron chi connectivity index (χ3n) is 6.19. The second-order valence-corrected chi connectivity index (χ2v) is 9.35. The first-order valence-corrected chi connectivity index (χ1v) is 12.2. The number of Topliss-reactive ketones (excluding diaryl/α,β-unsaturated/α-hetero) is 2. The van der Waals surface area contributed by atoms with E-state index in [1.165, 1.54) is 4.90 Å². The minimum Gasteiger partial charge on any atom is -0.335 e. The molecule has 3 atom stereocenters. The molecule has 0 aromatic heterocycles. The van der Waals surface area contributed by atoms with Crippen molar-refractivity contribution in [3.8, 4) is 0 Å². The Morgan fingerprint density at radius 2 is 1.90 bits per heavy atom. The van der Waals surface area contributed by atoms with Gasteiger partial charge in [-0.15, -0.1) is 11.8 Å². The molecule has 4 nitrogen and oxygen atoms in total. The average Bonchev–Trinajstić information content (AvgIpc) is 3.20. The lowest BCUT2D eigenvalue weighted by Gasteiger charge is -2.30. The summed E-state index contributed by atoms with van der Waals surface area (Å²) in [4.78, 5) is 41.3. The van der Waals surface area contributed by atoms with Gasteiger partial charge in [0.2, 0.25) is 5.91 Å². The Hall–Kier alpha value is -2.11. The lowest BCUT2D eigenvalue weighted by atomic mass is 9.86. The van der Waals surface area contributed by atoms with E-state index < -0.39 is 12.0 Å². The Morgan fingerprint density at radius 1 is 1.19 bits per heavy atom. The Kier molecular flexibility index (Phi) is 7.95. The van der Waals surface area contributed by atoms with Gasteiger partial charge in [0.05, 0.1) is 17.0 Å². The van der Waals surface area contributed by atoms with Crippen LogP contribution in [0.5, 0.6) is 0 Å². The van der Waals surface area contributed by atoms with E-state index in [4.69, 9.17) is 11.6 Å². The monoisotopic (exact) mass is 457 g/mol. The quantitative estimate of drug-likeness (QED) is 0.380. The molecule has 1 aliphatic rings. The highest BCUT2D eigenvalue weighted by Gasteiger charge is 2.35. The van der Waals surface area contributed by atoms with E-state index in [0.717, 1.165) is 23.3 Å². The second kappa shape index (κ2) is 10.5. The Morgan fingerprint density at radius 3 is 2.48 bits per heavy atom. The summed E-state index contributed by atoms with van der Waals surface area (Å²) < 4.78 is 0. The van der Waals surface area contributed by atoms with Gasteiger partial charge in [0.1, 0.15) is 5.78 Å². The van der Waals surface area contributed by atoms with Crippen molar-refractivity contribution in [2.45, 2.75) is 49.5 Å². The van der Waals surface area contributed by atoms with Gasteiger partial charge in [0.25, 0.3) is 0 Å². The molecule has 0 heterocycles. The topological polar surface area (TPSA) is 54.5 Å². The largest absolute Gasteiger partial charge is 0.335 e. The van der Waals surface area contributed by atoms with E-state index in [9.17, 15) is 14.4 Å². The number of hydrogen-bond donors (Lipinski definition) is 0. The Balaban J connectivity index is 1.88. The van der Waals surface area contributed by atoms with Gasteiger partial charge in [-0.3, -0.25) is 14.4 Å². The number of rotatable bonds is 8. The predicted molar refractivity (Wildman–Crippen MR) is 126 cm³/mol. The maximum atomic E-state index is 13.6. The minimum absolute atomic E-state index is 0.108. The van der Waals surface area contributed by atoms with E-state index in [-0.39, 0.29) is 23.4 Å². The molecular formula is C25H28ClNO3S. The van der Waals surface area contributed by atoms with Gasteiger partial charge in [-0.2, -0.15) is 0 Å². The summed E-state index contributed by atoms with van der Waals surface area (Å²) in [5, 5.41) is 0.594. The van der Waals surface area contributed by atoms with Gasteiger partial charge in [-0.25, -0.2) is 0 Å². The fraction of sp³-hybridized carbons (Fsp3) is 0.400. The van der Waals surface area contributed by atoms with Crippen LogP contribution < -0.4 is 0 Å². The predicted octanol–water partition coefficient (Wildman–Crippen LogP) is 5.63. The molecule has 1 amide bonds. The van der Waals surface area contributed by atoms with Crippen molar-refractivity contribution in [1.29, 1.82) is 0 Å². The van der Waals surface area contributed by atoms with Crippen LogP contribution in [0.15, 0.2) is 53.4 Å². The standard InChI is InChI=1S/C25H28ClNO3S/c1-16(24(29)17-8-5-4-6-9-17)27(2)25(30)20(14-19-10-7-11-22(19)28)18-12-13-23(31-3)21(26)15-18/h4-6,8-9,12-13,15-16,19-20H,7,10-11,14H2,1-3H3/t16-,19?,20-/m1/s1. The Labute approximate surface area is 193 Å². The zero-order chi connectivity index (χ0) is 22.5. The summed E-state index contributed by atoms with van der Waals surface area (Å²) in [7, 11) is 1.66. The van der Waals surface area contributed by atoms with Crippen LogP contribution in [-0.2, 0) is 9.59 Å². The van der Waals surface area contributed by atoms with E-state index in [2.05, 4.69) is 0 Å². The third-order valence-corrected chi connectivity index (χ3v) is 7.41. The first kappa shape index (κ1) is 23.6. The summed E-state index contributed by atoms with van der Waals surface area (Å²) in [6.45, 7) is 1.74. The maximum absolute atomic E-state index is 13.6. The van der Waals surface area contributed by atoms with Crippen LogP contribution in [0.3, 0.4) is 0 Å². The van der Waals surface area contributed by atoms with Gasteiger partial charge in [-0.05, 0) is 50.1 Å². The SMILES string of the molecule is CSc1ccc([C@@H](CC2CCCC2=O)C(=O)N(C)[C@H](C)C(=O)c2ccccc2)cc1Cl. The number of carbonyl (C=O) groups is 3. The van der Waals surface area contributed by atoms with Crippen molar-refractivity contribution >= 4 is 40.8 Å². The highest BCUT2D eigenvalue weighted by Crippen LogP contribution is 2.36. The summed E-state index contributed by atoms with van der Waals surface area (Å²) in [6, 6.07) is 14.0. The van der Waals surface area contributed by atoms with Crippen molar-refractivity contribution in [1.82, 2.24) is 4.90 Å². The van der Waals surface area contributed by atoms with Crippen molar-refractivity contribution in [3.63, 3.8) is 0 Å². The van der Waals surface area contributed by atoms with E-state index in [0.29, 0.717) is 23.4 Å². The number of nitrogens with zero attached hydrogens (tertiary/aromatic N) is 1. The lowest BCUT2D eigenvalue weighted by molar-refractivity contribution is -0.133. The zero-order valence-electron chi connectivity index (χ0n) is 18.1. The fourth-order valence-corrected chi connectivity index (χ4v) is 5.04. The van der Waals surface area contributed by atoms with Gasteiger partial charge < -0.3 is 4.90 Å². The summed E-state index contributed by atoms with van der Waals surface area (Å²) in [6.07, 6.45) is 4.65. The highest BCUT2D eigenvalue weighted by molar-refractivity contribution is 7.98. The fourth-order valence-electron chi connectivity index (χ4n) is 4.16. The van der Waals surface area contributed by atoms with Crippen LogP contribution in [0.25, 0.3) is 0 Å². The van der Waals surface area contributed by atoms with Crippen molar-refractivity contribution < 1.29 is 14.4 Å². The molecule has 1 aliphatic carbocycles. The molecule has 2 aromatic rings. The molecule has 31 heavy (non-hydrogen) atoms. The molecule has 0 bridgehead atoms. The second-order valence-electron chi connectivity index (χ2n) is 8.09. The summed E-state index contributed by atoms with van der Waals surface area (Å²) in [5.41, 5.74) is 1.36. The molecule has 0 spiro atoms. The van der Waals surface area contributed by atoms with Crippen molar-refractivity contribution in [3.05, 3.63) is 64.7 Å². The zero-order valence-corrected chi connectivity index (χ0v) is 19.7. The summed E-state index contributed by atoms with van der Waals surface area (Å²) in [5.74, 6) is -0.689. The van der Waals surface area contributed by atoms with E-state index in [1.807, 2.05) is 42.7 Å². The number of likely N-dealkylation sites (N-methyl/N-ethyl adjacent to an activating group) is 1. The van der Waals surface area contributed by atoms with Crippen LogP contribution in [0.2, 0.25) is 5.02 Å². The molecule has 2 aromatic carbocycles. The van der Waals surface area contributed by atoms with E-state index in [1.54, 1.807) is 37.9 Å². The number of halogens is 1. The first-order chi connectivity index (χ1) is 14.8. The summed E-state index contributed by atoms with van der Waals surface area (Å²) >= 11 is 7.97. The molecule has 1 unspecified atom stereocenters. The molecule has 3 rings (SSSR count). The van der Waals surface area contributed by atoms with E-state index >= 15 is 0 Å². The molecule has 0 radical (unpaired) electrons. The molecular weight excluding hydrogens is 430 g/mol. The molecule has 0 aliphatic heterocycles. The average molecular weight is 458 g/mol. The van der Waals surface area contributed by atoms with Gasteiger partial charge in [0.15, 0.2) is 5.78 Å². The Bertz CT molecular complexity index is 962. The smallest absolute Gasteiger partial charge is 0.230 e. The van der Waals surface area contributed by atoms with Crippen LogP contribution >= 0.6 is 23.4 Å². The normalized spacial score (nSPS) is 17.9. The van der Waals surface area contributed by atoms with Gasteiger partial charge in [0, 0.05) is 29.8 Å². The van der Waals surface area contributed by atoms with Gasteiger partial charge in [-0.1, -0.05) is 48.0 Å². The number of amides is 1. The van der Waals surface area contributed by atoms with Crippen molar-refractivity contribution in [2.24, 2.45) is 5.92 Å². The number of benzene rings is 2. The minimum atomic E-state index is -0.613. The van der Waals surface area contributed by atoms with Crippen LogP contribution in [0.1, 0.15) is 54.4 Å². The molecule has 164 valence electrons. The molecule has 1 fully saturated rings. The molecule has 6 heteroatoms. The third kappa shape index (κ3) is 5.39. The number of hydrogen-bond acceptors (Lipinski definition) is 4. The lowest BCUT2D eigenvalue weighted by Crippen LogP contribution is -2.43. The first-order valence-electron chi connectivity index (χ1n) is 10.6. The molecule has 1 saturated carbocycles. The van der Waals surface area contributed by atoms with Crippen molar-refractivity contribution in [2.75, 3.05) is 13.3 Å². The van der Waals surface area contributed by atoms with Crippen LogP contribution in [0, 0.1) is 5.92 Å².